The van der Waals surface area contributed by atoms with Crippen LogP contribution < -0.4 is 10.7 Å². The van der Waals surface area contributed by atoms with Gasteiger partial charge >= 0.3 is 0 Å². The minimum absolute atomic E-state index is 0.0208. The molecule has 0 aliphatic rings. The largest absolute Gasteiger partial charge is 0.348 e. The lowest BCUT2D eigenvalue weighted by molar-refractivity contribution is -0.129. The van der Waals surface area contributed by atoms with E-state index in [-0.39, 0.29) is 24.0 Å². The molecule has 1 unspecified atom stereocenters. The van der Waals surface area contributed by atoms with Crippen LogP contribution in [-0.2, 0) is 14.4 Å². The molecule has 0 saturated heterocycles. The third-order valence-corrected chi connectivity index (χ3v) is 2.40. The zero-order chi connectivity index (χ0) is 13.4. The predicted molar refractivity (Wildman–Crippen MR) is 64.2 cm³/mol. The topological polar surface area (TPSA) is 78.5 Å². The highest BCUT2D eigenvalue weighted by molar-refractivity contribution is 5.87. The number of carbonyl (C=O) groups is 3. The Hall–Kier alpha value is -1.27. The number of nitrogens with zero attached hydrogens (tertiary/aromatic N) is 1. The molecule has 0 heterocycles. The van der Waals surface area contributed by atoms with Crippen LogP contribution in [0.5, 0.6) is 0 Å². The monoisotopic (exact) mass is 243 g/mol. The lowest BCUT2D eigenvalue weighted by Gasteiger charge is -2.25. The second kappa shape index (κ2) is 7.92. The standard InChI is InChI=1S/C11H21N3O3/c1-8(15)5-6-10(14(4)12-3)11(17)13-7-9(2)16/h10,12H,5-7H2,1-4H3,(H,13,17). The number of ketones is 2. The normalized spacial score (nSPS) is 12.3. The summed E-state index contributed by atoms with van der Waals surface area (Å²) < 4.78 is 0. The molecule has 0 aliphatic carbocycles. The van der Waals surface area contributed by atoms with Gasteiger partial charge in [0.2, 0.25) is 5.91 Å². The maximum absolute atomic E-state index is 11.8. The van der Waals surface area contributed by atoms with E-state index < -0.39 is 6.04 Å². The van der Waals surface area contributed by atoms with E-state index >= 15 is 0 Å². The van der Waals surface area contributed by atoms with Crippen molar-refractivity contribution in [2.24, 2.45) is 0 Å². The molecular weight excluding hydrogens is 222 g/mol. The summed E-state index contributed by atoms with van der Waals surface area (Å²) in [7, 11) is 3.41. The molecule has 0 aromatic carbocycles. The molecule has 0 aromatic rings. The van der Waals surface area contributed by atoms with E-state index in [1.54, 1.807) is 19.1 Å². The molecule has 6 heteroatoms. The second-order valence-corrected chi connectivity index (χ2v) is 4.01. The maximum atomic E-state index is 11.8. The van der Waals surface area contributed by atoms with E-state index in [1.807, 2.05) is 0 Å². The van der Waals surface area contributed by atoms with E-state index in [0.29, 0.717) is 12.8 Å². The average Bonchev–Trinajstić information content (AvgIpc) is 2.25. The smallest absolute Gasteiger partial charge is 0.239 e. The van der Waals surface area contributed by atoms with E-state index in [4.69, 9.17) is 0 Å². The molecule has 0 spiro atoms. The van der Waals surface area contributed by atoms with Crippen LogP contribution in [0.4, 0.5) is 0 Å². The van der Waals surface area contributed by atoms with Crippen LogP contribution in [0.2, 0.25) is 0 Å². The molecule has 0 rings (SSSR count). The number of likely N-dealkylation sites (N-methyl/N-ethyl adjacent to an activating group) is 1. The first-order chi connectivity index (χ1) is 7.88. The lowest BCUT2D eigenvalue weighted by Crippen LogP contribution is -2.50. The highest BCUT2D eigenvalue weighted by atomic mass is 16.2. The molecule has 6 nitrogen and oxygen atoms in total. The number of hydrogen-bond acceptors (Lipinski definition) is 5. The molecule has 0 bridgehead atoms. The molecule has 0 aliphatic heterocycles. The molecule has 0 aromatic heterocycles. The van der Waals surface area contributed by atoms with E-state index in [0.717, 1.165) is 0 Å². The molecule has 2 N–H and O–H groups in total. The molecule has 0 fully saturated rings. The van der Waals surface area contributed by atoms with Gasteiger partial charge in [-0.05, 0) is 27.3 Å². The second-order valence-electron chi connectivity index (χ2n) is 4.01. The maximum Gasteiger partial charge on any atom is 0.239 e. The highest BCUT2D eigenvalue weighted by Crippen LogP contribution is 2.04. The summed E-state index contributed by atoms with van der Waals surface area (Å²) in [4.78, 5) is 33.5. The SMILES string of the molecule is CNN(C)C(CCC(C)=O)C(=O)NCC(C)=O. The Kier molecular flexibility index (Phi) is 7.32. The number of rotatable bonds is 8. The number of amides is 1. The van der Waals surface area contributed by atoms with Crippen LogP contribution >= 0.6 is 0 Å². The van der Waals surface area contributed by atoms with E-state index in [1.165, 1.54) is 13.8 Å². The van der Waals surface area contributed by atoms with Crippen molar-refractivity contribution in [3.63, 3.8) is 0 Å². The zero-order valence-corrected chi connectivity index (χ0v) is 10.9. The van der Waals surface area contributed by atoms with Crippen LogP contribution in [0, 0.1) is 0 Å². The number of hydrazine groups is 1. The van der Waals surface area contributed by atoms with Crippen molar-refractivity contribution >= 4 is 17.5 Å². The summed E-state index contributed by atoms with van der Waals surface area (Å²) >= 11 is 0. The Morgan fingerprint density at radius 2 is 1.76 bits per heavy atom. The summed E-state index contributed by atoms with van der Waals surface area (Å²) in [5.41, 5.74) is 2.83. The fourth-order valence-corrected chi connectivity index (χ4v) is 1.33. The van der Waals surface area contributed by atoms with Crippen LogP contribution in [-0.4, -0.2) is 49.2 Å². The van der Waals surface area contributed by atoms with Gasteiger partial charge in [0.05, 0.1) is 6.54 Å². The first-order valence-corrected chi connectivity index (χ1v) is 5.55. The molecule has 1 amide bonds. The van der Waals surface area contributed by atoms with Gasteiger partial charge in [0.25, 0.3) is 0 Å². The number of Topliss-reactive ketones (excluding diaryl/α,β-unsaturated/α-hetero) is 2. The Labute approximate surface area is 102 Å². The van der Waals surface area contributed by atoms with Crippen molar-refractivity contribution in [1.82, 2.24) is 15.8 Å². The highest BCUT2D eigenvalue weighted by Gasteiger charge is 2.22. The predicted octanol–water partition coefficient (Wildman–Crippen LogP) is -0.504. The van der Waals surface area contributed by atoms with Gasteiger partial charge in [0.1, 0.15) is 17.6 Å². The summed E-state index contributed by atoms with van der Waals surface area (Å²) in [5, 5.41) is 4.16. The average molecular weight is 243 g/mol. The summed E-state index contributed by atoms with van der Waals surface area (Å²) in [5.74, 6) is -0.312. The first kappa shape index (κ1) is 15.7. The van der Waals surface area contributed by atoms with Crippen molar-refractivity contribution < 1.29 is 14.4 Å². The number of nitrogens with one attached hydrogen (secondary N) is 2. The summed E-state index contributed by atoms with van der Waals surface area (Å²) in [6.07, 6.45) is 0.764. The lowest BCUT2D eigenvalue weighted by atomic mass is 10.1. The Bertz CT molecular complexity index is 292. The van der Waals surface area contributed by atoms with Crippen molar-refractivity contribution in [2.75, 3.05) is 20.6 Å². The van der Waals surface area contributed by atoms with E-state index in [9.17, 15) is 14.4 Å². The first-order valence-electron chi connectivity index (χ1n) is 5.55. The van der Waals surface area contributed by atoms with Crippen molar-refractivity contribution in [2.45, 2.75) is 32.7 Å². The van der Waals surface area contributed by atoms with Crippen LogP contribution in [0.15, 0.2) is 0 Å². The van der Waals surface area contributed by atoms with Crippen molar-refractivity contribution in [3.8, 4) is 0 Å². The fraction of sp³-hybridized carbons (Fsp3) is 0.727. The zero-order valence-electron chi connectivity index (χ0n) is 10.9. The van der Waals surface area contributed by atoms with Crippen molar-refractivity contribution in [1.29, 1.82) is 0 Å². The minimum Gasteiger partial charge on any atom is -0.348 e. The van der Waals surface area contributed by atoms with Crippen LogP contribution in [0.3, 0.4) is 0 Å². The fourth-order valence-electron chi connectivity index (χ4n) is 1.33. The Balaban J connectivity index is 4.39. The Morgan fingerprint density at radius 1 is 1.18 bits per heavy atom. The minimum atomic E-state index is -0.455. The molecule has 98 valence electrons. The molecular formula is C11H21N3O3. The third kappa shape index (κ3) is 6.80. The van der Waals surface area contributed by atoms with Gasteiger partial charge < -0.3 is 10.1 Å². The van der Waals surface area contributed by atoms with Gasteiger partial charge in [-0.25, -0.2) is 5.01 Å². The quantitative estimate of drug-likeness (QED) is 0.562. The van der Waals surface area contributed by atoms with Gasteiger partial charge in [0.15, 0.2) is 0 Å². The van der Waals surface area contributed by atoms with Gasteiger partial charge in [-0.15, -0.1) is 0 Å². The van der Waals surface area contributed by atoms with Gasteiger partial charge in [-0.1, -0.05) is 0 Å². The molecule has 17 heavy (non-hydrogen) atoms. The van der Waals surface area contributed by atoms with Gasteiger partial charge in [0, 0.05) is 13.5 Å². The summed E-state index contributed by atoms with van der Waals surface area (Å²) in [6.45, 7) is 2.92. The molecule has 1 atom stereocenters. The van der Waals surface area contributed by atoms with Crippen LogP contribution in [0.25, 0.3) is 0 Å². The number of carbonyl (C=O) groups excluding carboxylic acids is 3. The molecule has 0 radical (unpaired) electrons. The van der Waals surface area contributed by atoms with Gasteiger partial charge in [-0.2, -0.15) is 0 Å². The Morgan fingerprint density at radius 3 is 2.18 bits per heavy atom. The van der Waals surface area contributed by atoms with Crippen molar-refractivity contribution in [3.05, 3.63) is 0 Å². The summed E-state index contributed by atoms with van der Waals surface area (Å²) in [6, 6.07) is -0.455. The van der Waals surface area contributed by atoms with Gasteiger partial charge in [-0.3, -0.25) is 15.0 Å². The van der Waals surface area contributed by atoms with Crippen LogP contribution in [0.1, 0.15) is 26.7 Å². The van der Waals surface area contributed by atoms with E-state index in [2.05, 4.69) is 10.7 Å². The number of hydrogen-bond donors (Lipinski definition) is 2. The third-order valence-electron chi connectivity index (χ3n) is 2.40. The molecule has 0 saturated carbocycles.